The molecule has 0 saturated carbocycles. The molecule has 0 unspecified atom stereocenters. The summed E-state index contributed by atoms with van der Waals surface area (Å²) >= 11 is 0. The fraction of sp³-hybridized carbons (Fsp3) is 0.227. The molecule has 1 aliphatic rings. The Labute approximate surface area is 162 Å². The molecule has 1 aromatic heterocycles. The summed E-state index contributed by atoms with van der Waals surface area (Å²) in [5, 5.41) is 6.52. The van der Waals surface area contributed by atoms with Gasteiger partial charge in [-0.2, -0.15) is 5.10 Å². The van der Waals surface area contributed by atoms with E-state index in [1.165, 1.54) is 5.01 Å². The Balaban J connectivity index is 1.73. The quantitative estimate of drug-likeness (QED) is 0.637. The fourth-order valence-electron chi connectivity index (χ4n) is 3.44. The third-order valence-corrected chi connectivity index (χ3v) is 4.94. The maximum atomic E-state index is 12.6. The molecule has 1 aliphatic heterocycles. The highest BCUT2D eigenvalue weighted by Gasteiger charge is 2.28. The van der Waals surface area contributed by atoms with Crippen LogP contribution in [0.4, 0.5) is 11.4 Å². The smallest absolute Gasteiger partial charge is 0.345 e. The van der Waals surface area contributed by atoms with Gasteiger partial charge >= 0.3 is 5.63 Å². The van der Waals surface area contributed by atoms with Crippen LogP contribution in [0.5, 0.6) is 0 Å². The van der Waals surface area contributed by atoms with Gasteiger partial charge in [-0.25, -0.2) is 9.80 Å². The van der Waals surface area contributed by atoms with E-state index < -0.39 is 5.63 Å². The van der Waals surface area contributed by atoms with Gasteiger partial charge in [0, 0.05) is 30.2 Å². The Morgan fingerprint density at radius 3 is 2.50 bits per heavy atom. The summed E-state index contributed by atoms with van der Waals surface area (Å²) in [6.45, 7) is 5.92. The van der Waals surface area contributed by atoms with Gasteiger partial charge in [-0.3, -0.25) is 4.79 Å². The number of hydrogen-bond acceptors (Lipinski definition) is 5. The highest BCUT2D eigenvalue weighted by molar-refractivity contribution is 6.19. The average molecular weight is 375 g/mol. The summed E-state index contributed by atoms with van der Waals surface area (Å²) in [5.74, 6) is -0.169. The number of para-hydroxylation sites is 1. The van der Waals surface area contributed by atoms with Crippen LogP contribution in [0.25, 0.3) is 11.0 Å². The second-order valence-corrected chi connectivity index (χ2v) is 6.61. The monoisotopic (exact) mass is 375 g/mol. The van der Waals surface area contributed by atoms with E-state index in [0.717, 1.165) is 24.2 Å². The highest BCUT2D eigenvalue weighted by atomic mass is 16.4. The van der Waals surface area contributed by atoms with Crippen molar-refractivity contribution in [1.29, 1.82) is 0 Å². The maximum absolute atomic E-state index is 12.6. The lowest BCUT2D eigenvalue weighted by atomic mass is 10.1. The number of benzene rings is 2. The van der Waals surface area contributed by atoms with Crippen LogP contribution >= 0.6 is 0 Å². The number of rotatable bonds is 5. The number of amides is 1. The molecule has 0 aliphatic carbocycles. The summed E-state index contributed by atoms with van der Waals surface area (Å²) < 4.78 is 5.57. The second-order valence-electron chi connectivity index (χ2n) is 6.61. The molecule has 2 heterocycles. The first-order valence-corrected chi connectivity index (χ1v) is 9.39. The second kappa shape index (κ2) is 7.31. The van der Waals surface area contributed by atoms with Crippen molar-refractivity contribution in [2.24, 2.45) is 5.10 Å². The van der Waals surface area contributed by atoms with E-state index in [-0.39, 0.29) is 12.3 Å². The molecule has 0 N–H and O–H groups in total. The van der Waals surface area contributed by atoms with Crippen molar-refractivity contribution in [2.45, 2.75) is 20.3 Å². The zero-order valence-electron chi connectivity index (χ0n) is 15.9. The van der Waals surface area contributed by atoms with Crippen LogP contribution in [0.3, 0.4) is 0 Å². The number of hydrogen-bond donors (Lipinski definition) is 0. The van der Waals surface area contributed by atoms with Gasteiger partial charge in [0.05, 0.1) is 23.4 Å². The molecule has 142 valence electrons. The summed E-state index contributed by atoms with van der Waals surface area (Å²) in [7, 11) is 0. The normalized spacial score (nSPS) is 13.9. The van der Waals surface area contributed by atoms with Crippen LogP contribution in [-0.2, 0) is 4.79 Å². The van der Waals surface area contributed by atoms with Gasteiger partial charge < -0.3 is 9.32 Å². The van der Waals surface area contributed by atoms with Crippen LogP contribution < -0.4 is 15.5 Å². The van der Waals surface area contributed by atoms with Crippen molar-refractivity contribution < 1.29 is 9.21 Å². The molecule has 6 heteroatoms. The molecule has 4 rings (SSSR count). The molecule has 1 amide bonds. The Hall–Kier alpha value is -3.41. The Bertz CT molecular complexity index is 1110. The molecule has 0 radical (unpaired) electrons. The Morgan fingerprint density at radius 1 is 1.04 bits per heavy atom. The maximum Gasteiger partial charge on any atom is 0.345 e. The van der Waals surface area contributed by atoms with E-state index in [4.69, 9.17) is 4.42 Å². The highest BCUT2D eigenvalue weighted by Crippen LogP contribution is 2.25. The number of hydrazone groups is 1. The number of carbonyl (C=O) groups is 1. The summed E-state index contributed by atoms with van der Waals surface area (Å²) in [4.78, 5) is 27.2. The van der Waals surface area contributed by atoms with Crippen LogP contribution in [-0.4, -0.2) is 24.7 Å². The third kappa shape index (κ3) is 3.17. The van der Waals surface area contributed by atoms with E-state index in [0.29, 0.717) is 22.5 Å². The van der Waals surface area contributed by atoms with Crippen LogP contribution in [0, 0.1) is 0 Å². The van der Waals surface area contributed by atoms with Gasteiger partial charge in [-0.05, 0) is 44.2 Å². The fourth-order valence-corrected chi connectivity index (χ4v) is 3.44. The third-order valence-electron chi connectivity index (χ3n) is 4.94. The SMILES string of the molecule is CCN(CC)c1ccc2cc(C3=NN(c4ccccc4)C(=O)C3)c(=O)oc2c1. The van der Waals surface area contributed by atoms with Crippen molar-refractivity contribution in [3.05, 3.63) is 70.6 Å². The van der Waals surface area contributed by atoms with Crippen molar-refractivity contribution >= 4 is 34.0 Å². The average Bonchev–Trinajstić information content (AvgIpc) is 3.10. The first-order chi connectivity index (χ1) is 13.6. The van der Waals surface area contributed by atoms with Crippen molar-refractivity contribution in [3.63, 3.8) is 0 Å². The number of nitrogens with zero attached hydrogens (tertiary/aromatic N) is 3. The van der Waals surface area contributed by atoms with E-state index in [1.54, 1.807) is 6.07 Å². The van der Waals surface area contributed by atoms with Crippen LogP contribution in [0.15, 0.2) is 68.9 Å². The molecule has 28 heavy (non-hydrogen) atoms. The Kier molecular flexibility index (Phi) is 4.69. The number of anilines is 2. The van der Waals surface area contributed by atoms with Crippen LogP contribution in [0.2, 0.25) is 0 Å². The first-order valence-electron chi connectivity index (χ1n) is 9.39. The van der Waals surface area contributed by atoms with E-state index in [1.807, 2.05) is 48.5 Å². The minimum absolute atomic E-state index is 0.0721. The number of fused-ring (bicyclic) bond motifs is 1. The summed E-state index contributed by atoms with van der Waals surface area (Å²) in [5.41, 5.74) is 2.49. The lowest BCUT2D eigenvalue weighted by Crippen LogP contribution is -2.21. The van der Waals surface area contributed by atoms with Gasteiger partial charge in [-0.1, -0.05) is 18.2 Å². The molecule has 0 bridgehead atoms. The zero-order chi connectivity index (χ0) is 19.7. The minimum atomic E-state index is -0.481. The van der Waals surface area contributed by atoms with Gasteiger partial charge in [0.1, 0.15) is 5.58 Å². The lowest BCUT2D eigenvalue weighted by molar-refractivity contribution is -0.116. The number of carbonyl (C=O) groups excluding carboxylic acids is 1. The minimum Gasteiger partial charge on any atom is -0.422 e. The lowest BCUT2D eigenvalue weighted by Gasteiger charge is -2.21. The predicted octanol–water partition coefficient (Wildman–Crippen LogP) is 3.78. The van der Waals surface area contributed by atoms with Gasteiger partial charge in [0.15, 0.2) is 0 Å². The Morgan fingerprint density at radius 2 is 1.79 bits per heavy atom. The van der Waals surface area contributed by atoms with E-state index >= 15 is 0 Å². The molecular weight excluding hydrogens is 354 g/mol. The molecule has 2 aromatic carbocycles. The van der Waals surface area contributed by atoms with Gasteiger partial charge in [-0.15, -0.1) is 0 Å². The summed E-state index contributed by atoms with van der Waals surface area (Å²) in [6.07, 6.45) is 0.0721. The van der Waals surface area contributed by atoms with Crippen molar-refractivity contribution in [1.82, 2.24) is 0 Å². The molecule has 0 atom stereocenters. The van der Waals surface area contributed by atoms with Crippen molar-refractivity contribution in [2.75, 3.05) is 23.0 Å². The van der Waals surface area contributed by atoms with Crippen LogP contribution in [0.1, 0.15) is 25.8 Å². The van der Waals surface area contributed by atoms with Gasteiger partial charge in [0.2, 0.25) is 0 Å². The molecule has 0 spiro atoms. The molecule has 6 nitrogen and oxygen atoms in total. The molecule has 0 saturated heterocycles. The van der Waals surface area contributed by atoms with Crippen molar-refractivity contribution in [3.8, 4) is 0 Å². The molecule has 0 fully saturated rings. The summed E-state index contributed by atoms with van der Waals surface area (Å²) in [6, 6.07) is 16.8. The first kappa shape index (κ1) is 18.0. The zero-order valence-corrected chi connectivity index (χ0v) is 15.9. The largest absolute Gasteiger partial charge is 0.422 e. The van der Waals surface area contributed by atoms with E-state index in [9.17, 15) is 9.59 Å². The topological polar surface area (TPSA) is 66.1 Å². The molecular formula is C22H21N3O3. The van der Waals surface area contributed by atoms with Gasteiger partial charge in [0.25, 0.3) is 5.91 Å². The standard InChI is InChI=1S/C22H21N3O3/c1-3-24(4-2)17-11-10-15-12-18(22(27)28-20(15)13-17)19-14-21(26)25(23-19)16-8-6-5-7-9-16/h5-13H,3-4,14H2,1-2H3. The molecule has 3 aromatic rings. The van der Waals surface area contributed by atoms with E-state index in [2.05, 4.69) is 23.8 Å². The predicted molar refractivity (Wildman–Crippen MR) is 111 cm³/mol.